The third-order valence-electron chi connectivity index (χ3n) is 2.93. The molecular formula is C14H13NOS. The largest absolute Gasteiger partial charge is 0.496 e. The van der Waals surface area contributed by atoms with Crippen molar-refractivity contribution in [2.24, 2.45) is 0 Å². The number of hydrogen-bond donors (Lipinski definition) is 0. The van der Waals surface area contributed by atoms with Crippen LogP contribution >= 0.6 is 11.3 Å². The second kappa shape index (κ2) is 4.26. The van der Waals surface area contributed by atoms with Crippen molar-refractivity contribution in [2.45, 2.75) is 6.54 Å². The Kier molecular flexibility index (Phi) is 2.61. The molecule has 0 fully saturated rings. The van der Waals surface area contributed by atoms with Crippen molar-refractivity contribution in [3.8, 4) is 5.75 Å². The number of rotatable bonds is 3. The van der Waals surface area contributed by atoms with Crippen molar-refractivity contribution in [2.75, 3.05) is 7.11 Å². The highest BCUT2D eigenvalue weighted by Gasteiger charge is 2.05. The van der Waals surface area contributed by atoms with Gasteiger partial charge in [-0.1, -0.05) is 6.07 Å². The molecule has 0 spiro atoms. The van der Waals surface area contributed by atoms with Crippen LogP contribution in [0, 0.1) is 0 Å². The molecule has 0 saturated heterocycles. The van der Waals surface area contributed by atoms with Crippen molar-refractivity contribution in [1.82, 2.24) is 4.57 Å². The topological polar surface area (TPSA) is 14.2 Å². The molecule has 17 heavy (non-hydrogen) atoms. The van der Waals surface area contributed by atoms with E-state index in [0.29, 0.717) is 0 Å². The summed E-state index contributed by atoms with van der Waals surface area (Å²) in [5, 5.41) is 5.47. The van der Waals surface area contributed by atoms with E-state index >= 15 is 0 Å². The number of aromatic nitrogens is 1. The highest BCUT2D eigenvalue weighted by molar-refractivity contribution is 7.07. The summed E-state index contributed by atoms with van der Waals surface area (Å²) in [4.78, 5) is 0. The molecule has 0 bridgehead atoms. The van der Waals surface area contributed by atoms with Gasteiger partial charge in [-0.2, -0.15) is 11.3 Å². The Morgan fingerprint density at radius 1 is 1.24 bits per heavy atom. The average molecular weight is 243 g/mol. The quantitative estimate of drug-likeness (QED) is 0.683. The predicted octanol–water partition coefficient (Wildman–Crippen LogP) is 3.76. The van der Waals surface area contributed by atoms with E-state index in [4.69, 9.17) is 4.74 Å². The number of ether oxygens (including phenoxy) is 1. The van der Waals surface area contributed by atoms with Gasteiger partial charge in [-0.15, -0.1) is 0 Å². The van der Waals surface area contributed by atoms with Crippen molar-refractivity contribution in [1.29, 1.82) is 0 Å². The molecule has 3 aromatic rings. The fourth-order valence-electron chi connectivity index (χ4n) is 2.09. The molecule has 0 aliphatic carbocycles. The van der Waals surface area contributed by atoms with E-state index in [1.807, 2.05) is 12.1 Å². The van der Waals surface area contributed by atoms with Gasteiger partial charge in [0, 0.05) is 18.1 Å². The molecule has 0 aliphatic heterocycles. The summed E-state index contributed by atoms with van der Waals surface area (Å²) < 4.78 is 7.61. The van der Waals surface area contributed by atoms with Crippen molar-refractivity contribution in [3.63, 3.8) is 0 Å². The zero-order valence-electron chi connectivity index (χ0n) is 9.59. The molecule has 2 nitrogen and oxygen atoms in total. The molecule has 3 heteroatoms. The second-order valence-corrected chi connectivity index (χ2v) is 4.75. The number of fused-ring (bicyclic) bond motifs is 1. The van der Waals surface area contributed by atoms with Crippen LogP contribution < -0.4 is 4.74 Å². The van der Waals surface area contributed by atoms with E-state index < -0.39 is 0 Å². The Labute approximate surface area is 104 Å². The Morgan fingerprint density at radius 2 is 2.18 bits per heavy atom. The first-order valence-electron chi connectivity index (χ1n) is 5.51. The van der Waals surface area contributed by atoms with Crippen LogP contribution in [0.2, 0.25) is 0 Å². The third-order valence-corrected chi connectivity index (χ3v) is 3.66. The molecule has 0 amide bonds. The summed E-state index contributed by atoms with van der Waals surface area (Å²) in [7, 11) is 1.71. The summed E-state index contributed by atoms with van der Waals surface area (Å²) in [6, 6.07) is 10.4. The van der Waals surface area contributed by atoms with Gasteiger partial charge in [-0.3, -0.25) is 0 Å². The summed E-state index contributed by atoms with van der Waals surface area (Å²) in [6.45, 7) is 0.917. The van der Waals surface area contributed by atoms with E-state index in [9.17, 15) is 0 Å². The highest BCUT2D eigenvalue weighted by Crippen LogP contribution is 2.26. The van der Waals surface area contributed by atoms with Gasteiger partial charge in [0.25, 0.3) is 0 Å². The number of nitrogens with zero attached hydrogens (tertiary/aromatic N) is 1. The predicted molar refractivity (Wildman–Crippen MR) is 71.9 cm³/mol. The maximum atomic E-state index is 5.36. The lowest BCUT2D eigenvalue weighted by atomic mass is 10.2. The van der Waals surface area contributed by atoms with Crippen LogP contribution in [0.5, 0.6) is 5.75 Å². The lowest BCUT2D eigenvalue weighted by Crippen LogP contribution is -1.96. The van der Waals surface area contributed by atoms with E-state index in [2.05, 4.69) is 39.7 Å². The van der Waals surface area contributed by atoms with E-state index in [0.717, 1.165) is 12.3 Å². The number of hydrogen-bond acceptors (Lipinski definition) is 2. The first-order valence-corrected chi connectivity index (χ1v) is 6.45. The Hall–Kier alpha value is -1.74. The van der Waals surface area contributed by atoms with Crippen LogP contribution in [0.3, 0.4) is 0 Å². The van der Waals surface area contributed by atoms with Crippen LogP contribution in [-0.2, 0) is 6.54 Å². The summed E-state index contributed by atoms with van der Waals surface area (Å²) >= 11 is 1.74. The lowest BCUT2D eigenvalue weighted by Gasteiger charge is -2.05. The molecule has 2 aromatic heterocycles. The summed E-state index contributed by atoms with van der Waals surface area (Å²) in [5.74, 6) is 0.937. The van der Waals surface area contributed by atoms with Gasteiger partial charge in [-0.05, 0) is 40.6 Å². The molecule has 1 aromatic carbocycles. The van der Waals surface area contributed by atoms with Crippen LogP contribution in [0.4, 0.5) is 0 Å². The minimum atomic E-state index is 0.917. The average Bonchev–Trinajstić information content (AvgIpc) is 2.99. The Morgan fingerprint density at radius 3 is 2.94 bits per heavy atom. The van der Waals surface area contributed by atoms with Gasteiger partial charge in [0.15, 0.2) is 0 Å². The summed E-state index contributed by atoms with van der Waals surface area (Å²) in [5.41, 5.74) is 2.56. The summed E-state index contributed by atoms with van der Waals surface area (Å²) in [6.07, 6.45) is 2.12. The number of thiophene rings is 1. The zero-order valence-corrected chi connectivity index (χ0v) is 10.4. The lowest BCUT2D eigenvalue weighted by molar-refractivity contribution is 0.420. The normalized spacial score (nSPS) is 10.9. The van der Waals surface area contributed by atoms with Gasteiger partial charge in [0.05, 0.1) is 12.6 Å². The zero-order chi connectivity index (χ0) is 11.7. The highest BCUT2D eigenvalue weighted by atomic mass is 32.1. The van der Waals surface area contributed by atoms with Gasteiger partial charge < -0.3 is 9.30 Å². The molecular weight excluding hydrogens is 230 g/mol. The SMILES string of the molecule is COc1cccc2c1ccn2Cc1ccsc1. The number of methoxy groups -OCH3 is 1. The molecule has 0 N–H and O–H groups in total. The third kappa shape index (κ3) is 1.83. The molecule has 3 rings (SSSR count). The second-order valence-electron chi connectivity index (χ2n) is 3.97. The van der Waals surface area contributed by atoms with Crippen LogP contribution in [0.15, 0.2) is 47.3 Å². The fourth-order valence-corrected chi connectivity index (χ4v) is 2.75. The minimum absolute atomic E-state index is 0.917. The van der Waals surface area contributed by atoms with Gasteiger partial charge in [-0.25, -0.2) is 0 Å². The van der Waals surface area contributed by atoms with Gasteiger partial charge in [0.2, 0.25) is 0 Å². The van der Waals surface area contributed by atoms with Crippen LogP contribution in [-0.4, -0.2) is 11.7 Å². The van der Waals surface area contributed by atoms with E-state index in [1.165, 1.54) is 16.5 Å². The first-order chi connectivity index (χ1) is 8.38. The minimum Gasteiger partial charge on any atom is -0.496 e. The molecule has 86 valence electrons. The smallest absolute Gasteiger partial charge is 0.128 e. The van der Waals surface area contributed by atoms with Gasteiger partial charge >= 0.3 is 0 Å². The van der Waals surface area contributed by atoms with E-state index in [-0.39, 0.29) is 0 Å². The van der Waals surface area contributed by atoms with Crippen LogP contribution in [0.1, 0.15) is 5.56 Å². The molecule has 0 radical (unpaired) electrons. The van der Waals surface area contributed by atoms with Crippen molar-refractivity contribution >= 4 is 22.2 Å². The standard InChI is InChI=1S/C14H13NOS/c1-16-14-4-2-3-13-12(14)5-7-15(13)9-11-6-8-17-10-11/h2-8,10H,9H2,1H3. The molecule has 0 saturated carbocycles. The van der Waals surface area contributed by atoms with E-state index in [1.54, 1.807) is 18.4 Å². The molecule has 2 heterocycles. The Balaban J connectivity index is 2.06. The first kappa shape index (κ1) is 10.4. The molecule has 0 atom stereocenters. The van der Waals surface area contributed by atoms with Crippen molar-refractivity contribution < 1.29 is 4.74 Å². The maximum Gasteiger partial charge on any atom is 0.128 e. The van der Waals surface area contributed by atoms with Crippen molar-refractivity contribution in [3.05, 3.63) is 52.9 Å². The number of benzene rings is 1. The molecule has 0 aliphatic rings. The van der Waals surface area contributed by atoms with Crippen LogP contribution in [0.25, 0.3) is 10.9 Å². The van der Waals surface area contributed by atoms with Gasteiger partial charge in [0.1, 0.15) is 5.75 Å². The monoisotopic (exact) mass is 243 g/mol. The Bertz CT molecular complexity index is 625. The maximum absolute atomic E-state index is 5.36. The molecule has 0 unspecified atom stereocenters. The fraction of sp³-hybridized carbons (Fsp3) is 0.143.